The van der Waals surface area contributed by atoms with E-state index in [2.05, 4.69) is 9.97 Å². The number of ether oxygens (including phenoxy) is 1. The molecule has 0 unspecified atom stereocenters. The van der Waals surface area contributed by atoms with Gasteiger partial charge in [-0.2, -0.15) is 13.2 Å². The van der Waals surface area contributed by atoms with Crippen molar-refractivity contribution in [2.45, 2.75) is 19.7 Å². The Morgan fingerprint density at radius 2 is 1.88 bits per heavy atom. The van der Waals surface area contributed by atoms with Gasteiger partial charge in [-0.25, -0.2) is 13.8 Å². The molecule has 2 heterocycles. The molecule has 0 fully saturated rings. The van der Waals surface area contributed by atoms with Crippen LogP contribution in [0.15, 0.2) is 64.3 Å². The maximum atomic E-state index is 13.8. The highest BCUT2D eigenvalue weighted by atomic mass is 19.4. The molecule has 164 valence electrons. The number of pyridine rings is 1. The molecule has 2 aromatic carbocycles. The van der Waals surface area contributed by atoms with Crippen molar-refractivity contribution in [3.05, 3.63) is 98.2 Å². The van der Waals surface area contributed by atoms with Crippen LogP contribution in [0.2, 0.25) is 0 Å². The van der Waals surface area contributed by atoms with Crippen molar-refractivity contribution in [3.8, 4) is 11.4 Å². The number of rotatable bonds is 4. The van der Waals surface area contributed by atoms with Gasteiger partial charge in [0.05, 0.1) is 22.2 Å². The molecule has 2 aromatic heterocycles. The largest absolute Gasteiger partial charge is 0.487 e. The zero-order valence-electron chi connectivity index (χ0n) is 16.5. The van der Waals surface area contributed by atoms with Crippen molar-refractivity contribution >= 4 is 10.9 Å². The predicted molar refractivity (Wildman–Crippen MR) is 108 cm³/mol. The first-order chi connectivity index (χ1) is 15.1. The number of nitrogens with one attached hydrogen (secondary N) is 1. The molecule has 1 N–H and O–H groups in total. The first kappa shape index (κ1) is 21.3. The molecule has 0 aliphatic heterocycles. The zero-order valence-corrected chi connectivity index (χ0v) is 16.5. The van der Waals surface area contributed by atoms with Crippen LogP contribution in [-0.2, 0) is 12.8 Å². The maximum Gasteiger partial charge on any atom is 0.416 e. The van der Waals surface area contributed by atoms with Gasteiger partial charge in [-0.05, 0) is 48.9 Å². The van der Waals surface area contributed by atoms with Crippen molar-refractivity contribution < 1.29 is 22.3 Å². The summed E-state index contributed by atoms with van der Waals surface area (Å²) in [6.45, 7) is 1.47. The topological polar surface area (TPSA) is 77.0 Å². The molecule has 0 spiro atoms. The van der Waals surface area contributed by atoms with Gasteiger partial charge in [0.15, 0.2) is 0 Å². The Labute approximate surface area is 177 Å². The number of aryl methyl sites for hydroxylation is 1. The number of benzene rings is 2. The lowest BCUT2D eigenvalue weighted by atomic mass is 10.1. The van der Waals surface area contributed by atoms with E-state index in [1.165, 1.54) is 24.4 Å². The standard InChI is InChI=1S/C22H15F4N3O3/c1-12-4-6-14(32-11-18-16(23)3-2-8-27-18)10-19(12)29-20(30)15-7-5-13(22(24,25)26)9-17(15)28-21(29)31/h2-10H,11H2,1H3,(H,28,31). The number of nitrogens with zero attached hydrogens (tertiary/aromatic N) is 2. The van der Waals surface area contributed by atoms with Crippen molar-refractivity contribution in [1.82, 2.24) is 14.5 Å². The third kappa shape index (κ3) is 3.98. The van der Waals surface area contributed by atoms with Crippen LogP contribution in [0.5, 0.6) is 5.75 Å². The normalized spacial score (nSPS) is 11.7. The Morgan fingerprint density at radius 3 is 2.59 bits per heavy atom. The summed E-state index contributed by atoms with van der Waals surface area (Å²) in [5, 5.41) is -0.0844. The van der Waals surface area contributed by atoms with Gasteiger partial charge < -0.3 is 9.72 Å². The van der Waals surface area contributed by atoms with Crippen LogP contribution in [0, 0.1) is 12.7 Å². The lowest BCUT2D eigenvalue weighted by Crippen LogP contribution is -2.34. The smallest absolute Gasteiger partial charge is 0.416 e. The minimum atomic E-state index is -4.62. The van der Waals surface area contributed by atoms with Crippen LogP contribution in [0.25, 0.3) is 16.6 Å². The predicted octanol–water partition coefficient (Wildman–Crippen LogP) is 4.12. The first-order valence-electron chi connectivity index (χ1n) is 9.34. The average molecular weight is 445 g/mol. The Morgan fingerprint density at radius 1 is 1.09 bits per heavy atom. The van der Waals surface area contributed by atoms with Gasteiger partial charge in [0.25, 0.3) is 5.56 Å². The second kappa shape index (κ2) is 7.95. The molecule has 0 atom stereocenters. The van der Waals surface area contributed by atoms with Gasteiger partial charge >= 0.3 is 11.9 Å². The summed E-state index contributed by atoms with van der Waals surface area (Å²) in [6, 6.07) is 9.80. The van der Waals surface area contributed by atoms with Crippen molar-refractivity contribution in [2.24, 2.45) is 0 Å². The molecule has 0 aliphatic rings. The van der Waals surface area contributed by atoms with Gasteiger partial charge in [-0.15, -0.1) is 0 Å². The number of hydrogen-bond acceptors (Lipinski definition) is 4. The molecule has 0 aliphatic carbocycles. The number of fused-ring (bicyclic) bond motifs is 1. The maximum absolute atomic E-state index is 13.8. The number of aromatic amines is 1. The molecule has 4 rings (SSSR count). The third-order valence-corrected chi connectivity index (χ3v) is 4.86. The van der Waals surface area contributed by atoms with Crippen LogP contribution in [0.3, 0.4) is 0 Å². The highest BCUT2D eigenvalue weighted by molar-refractivity contribution is 5.78. The summed E-state index contributed by atoms with van der Waals surface area (Å²) < 4.78 is 59.0. The Bertz CT molecular complexity index is 1440. The number of halogens is 4. The van der Waals surface area contributed by atoms with Gasteiger partial charge in [-0.1, -0.05) is 6.07 Å². The van der Waals surface area contributed by atoms with E-state index in [9.17, 15) is 27.2 Å². The fourth-order valence-corrected chi connectivity index (χ4v) is 3.21. The lowest BCUT2D eigenvalue weighted by Gasteiger charge is -2.13. The quantitative estimate of drug-likeness (QED) is 0.480. The Balaban J connectivity index is 1.77. The van der Waals surface area contributed by atoms with Gasteiger partial charge in [0, 0.05) is 12.3 Å². The summed E-state index contributed by atoms with van der Waals surface area (Å²) in [7, 11) is 0. The van der Waals surface area contributed by atoms with Gasteiger partial charge in [-0.3, -0.25) is 9.78 Å². The molecule has 6 nitrogen and oxygen atoms in total. The van der Waals surface area contributed by atoms with Crippen LogP contribution >= 0.6 is 0 Å². The summed E-state index contributed by atoms with van der Waals surface area (Å²) >= 11 is 0. The van der Waals surface area contributed by atoms with E-state index in [4.69, 9.17) is 4.74 Å². The van der Waals surface area contributed by atoms with Crippen LogP contribution in [0.4, 0.5) is 17.6 Å². The molecule has 0 saturated heterocycles. The summed E-state index contributed by atoms with van der Waals surface area (Å²) in [6.07, 6.45) is -3.20. The van der Waals surface area contributed by atoms with Gasteiger partial charge in [0.1, 0.15) is 23.9 Å². The lowest BCUT2D eigenvalue weighted by molar-refractivity contribution is -0.137. The summed E-state index contributed by atoms with van der Waals surface area (Å²) in [5.41, 5.74) is -2.09. The monoisotopic (exact) mass is 445 g/mol. The SMILES string of the molecule is Cc1ccc(OCc2ncccc2F)cc1-n1c(=O)[nH]c2cc(C(F)(F)F)ccc2c1=O. The van der Waals surface area contributed by atoms with Crippen molar-refractivity contribution in [3.63, 3.8) is 0 Å². The molecular formula is C22H15F4N3O3. The molecule has 4 aromatic rings. The Kier molecular flexibility index (Phi) is 5.29. The minimum absolute atomic E-state index is 0.0795. The molecule has 0 radical (unpaired) electrons. The van der Waals surface area contributed by atoms with E-state index in [1.54, 1.807) is 19.1 Å². The Hall–Kier alpha value is -3.95. The number of H-pyrrole nitrogens is 1. The number of aromatic nitrogens is 3. The number of hydrogen-bond donors (Lipinski definition) is 1. The van der Waals surface area contributed by atoms with Crippen molar-refractivity contribution in [2.75, 3.05) is 0 Å². The molecular weight excluding hydrogens is 430 g/mol. The van der Waals surface area contributed by atoms with E-state index in [-0.39, 0.29) is 34.6 Å². The molecule has 32 heavy (non-hydrogen) atoms. The van der Waals surface area contributed by atoms with Crippen LogP contribution < -0.4 is 16.0 Å². The minimum Gasteiger partial charge on any atom is -0.487 e. The van der Waals surface area contributed by atoms with E-state index in [0.717, 1.165) is 22.8 Å². The molecule has 0 saturated carbocycles. The second-order valence-corrected chi connectivity index (χ2v) is 7.00. The van der Waals surface area contributed by atoms with E-state index < -0.39 is 28.8 Å². The molecule has 0 amide bonds. The van der Waals surface area contributed by atoms with E-state index in [0.29, 0.717) is 5.56 Å². The summed E-state index contributed by atoms with van der Waals surface area (Å²) in [5.74, 6) is -0.297. The van der Waals surface area contributed by atoms with E-state index in [1.807, 2.05) is 0 Å². The van der Waals surface area contributed by atoms with Crippen LogP contribution in [-0.4, -0.2) is 14.5 Å². The second-order valence-electron chi connectivity index (χ2n) is 7.00. The highest BCUT2D eigenvalue weighted by Gasteiger charge is 2.31. The first-order valence-corrected chi connectivity index (χ1v) is 9.34. The summed E-state index contributed by atoms with van der Waals surface area (Å²) in [4.78, 5) is 31.8. The highest BCUT2D eigenvalue weighted by Crippen LogP contribution is 2.30. The zero-order chi connectivity index (χ0) is 23.0. The average Bonchev–Trinajstić information content (AvgIpc) is 2.74. The van der Waals surface area contributed by atoms with Crippen molar-refractivity contribution in [1.29, 1.82) is 0 Å². The fourth-order valence-electron chi connectivity index (χ4n) is 3.21. The third-order valence-electron chi connectivity index (χ3n) is 4.86. The van der Waals surface area contributed by atoms with E-state index >= 15 is 0 Å². The van der Waals surface area contributed by atoms with Crippen LogP contribution in [0.1, 0.15) is 16.8 Å². The molecule has 0 bridgehead atoms. The number of alkyl halides is 3. The molecule has 10 heteroatoms. The van der Waals surface area contributed by atoms with Gasteiger partial charge in [0.2, 0.25) is 0 Å². The fraction of sp³-hybridized carbons (Fsp3) is 0.136.